The minimum absolute atomic E-state index is 0.0441. The van der Waals surface area contributed by atoms with E-state index in [1.54, 1.807) is 11.8 Å². The van der Waals surface area contributed by atoms with Crippen molar-refractivity contribution in [1.82, 2.24) is 15.1 Å². The van der Waals surface area contributed by atoms with Gasteiger partial charge in [0, 0.05) is 13.1 Å². The zero-order valence-electron chi connectivity index (χ0n) is 11.1. The molecule has 8 heteroatoms. The number of carbonyl (C=O) groups is 2. The van der Waals surface area contributed by atoms with Crippen molar-refractivity contribution < 1.29 is 19.4 Å². The van der Waals surface area contributed by atoms with Crippen molar-refractivity contribution in [3.63, 3.8) is 0 Å². The highest BCUT2D eigenvalue weighted by molar-refractivity contribution is 5.86. The van der Waals surface area contributed by atoms with Crippen LogP contribution >= 0.6 is 0 Å². The first kappa shape index (κ1) is 14.2. The summed E-state index contributed by atoms with van der Waals surface area (Å²) in [7, 11) is 0. The van der Waals surface area contributed by atoms with Crippen LogP contribution < -0.4 is 5.32 Å². The second kappa shape index (κ2) is 6.29. The predicted molar refractivity (Wildman–Crippen MR) is 69.5 cm³/mol. The van der Waals surface area contributed by atoms with Gasteiger partial charge in [0.25, 0.3) is 0 Å². The highest BCUT2D eigenvalue weighted by atomic mass is 16.5. The Hall–Kier alpha value is -2.22. The summed E-state index contributed by atoms with van der Waals surface area (Å²) in [5.41, 5.74) is -0.136. The molecule has 8 nitrogen and oxygen atoms in total. The van der Waals surface area contributed by atoms with E-state index >= 15 is 0 Å². The summed E-state index contributed by atoms with van der Waals surface area (Å²) in [6, 6.07) is 2.36. The number of carboxylic acid groups (broad SMARTS) is 1. The molecule has 1 aliphatic rings. The molecule has 1 aliphatic heterocycles. The van der Waals surface area contributed by atoms with Crippen LogP contribution in [0.5, 0.6) is 0 Å². The fourth-order valence-electron chi connectivity index (χ4n) is 1.86. The Morgan fingerprint density at radius 2 is 2.05 bits per heavy atom. The molecule has 1 aromatic rings. The van der Waals surface area contributed by atoms with E-state index in [9.17, 15) is 9.59 Å². The number of anilines is 1. The summed E-state index contributed by atoms with van der Waals surface area (Å²) in [5, 5.41) is 18.9. The van der Waals surface area contributed by atoms with E-state index in [4.69, 9.17) is 9.84 Å². The first-order chi connectivity index (χ1) is 9.58. The van der Waals surface area contributed by atoms with Gasteiger partial charge in [-0.15, -0.1) is 10.2 Å². The molecule has 0 bridgehead atoms. The van der Waals surface area contributed by atoms with Crippen molar-refractivity contribution in [2.45, 2.75) is 13.0 Å². The molecule has 1 unspecified atom stereocenters. The molecule has 0 spiro atoms. The van der Waals surface area contributed by atoms with Crippen molar-refractivity contribution in [3.05, 3.63) is 17.8 Å². The number of ether oxygens (including phenoxy) is 1. The lowest BCUT2D eigenvalue weighted by Gasteiger charge is -2.29. The van der Waals surface area contributed by atoms with Crippen LogP contribution in [0.4, 0.5) is 5.82 Å². The Kier molecular flexibility index (Phi) is 4.46. The van der Waals surface area contributed by atoms with Crippen LogP contribution in [0.3, 0.4) is 0 Å². The van der Waals surface area contributed by atoms with Crippen LogP contribution in [0.25, 0.3) is 0 Å². The lowest BCUT2D eigenvalue weighted by molar-refractivity contribution is -0.135. The summed E-state index contributed by atoms with van der Waals surface area (Å²) in [6.45, 7) is 3.98. The quantitative estimate of drug-likeness (QED) is 0.789. The second-order valence-electron chi connectivity index (χ2n) is 4.41. The fourth-order valence-corrected chi connectivity index (χ4v) is 1.86. The molecule has 0 saturated carbocycles. The van der Waals surface area contributed by atoms with Gasteiger partial charge in [-0.25, -0.2) is 4.79 Å². The molecule has 1 atom stereocenters. The lowest BCUT2D eigenvalue weighted by Crippen LogP contribution is -2.47. The Labute approximate surface area is 115 Å². The first-order valence-electron chi connectivity index (χ1n) is 6.28. The predicted octanol–water partition coefficient (Wildman–Crippen LogP) is -0.166. The lowest BCUT2D eigenvalue weighted by atomic mass is 10.2. The van der Waals surface area contributed by atoms with Gasteiger partial charge in [-0.2, -0.15) is 0 Å². The number of hydrogen-bond donors (Lipinski definition) is 2. The Morgan fingerprint density at radius 1 is 1.35 bits per heavy atom. The zero-order valence-corrected chi connectivity index (χ0v) is 11.1. The number of amides is 1. The number of carbonyl (C=O) groups excluding carboxylic acids is 1. The standard InChI is InChI=1S/C12H16N4O4/c1-8(11(17)16-4-6-20-7-5-16)13-10-3-2-9(12(18)19)14-15-10/h2-3,8H,4-7H2,1H3,(H,13,15)(H,18,19). The van der Waals surface area contributed by atoms with Gasteiger partial charge in [-0.3, -0.25) is 4.79 Å². The maximum absolute atomic E-state index is 12.1. The number of hydrogen-bond acceptors (Lipinski definition) is 6. The van der Waals surface area contributed by atoms with Crippen LogP contribution in [0.15, 0.2) is 12.1 Å². The number of carboxylic acids is 1. The molecule has 1 aromatic heterocycles. The van der Waals surface area contributed by atoms with E-state index in [0.717, 1.165) is 0 Å². The molecule has 108 valence electrons. The van der Waals surface area contributed by atoms with Crippen LogP contribution in [0, 0.1) is 0 Å². The largest absolute Gasteiger partial charge is 0.476 e. The van der Waals surface area contributed by atoms with E-state index in [1.807, 2.05) is 0 Å². The van der Waals surface area contributed by atoms with Gasteiger partial charge < -0.3 is 20.1 Å². The third-order valence-electron chi connectivity index (χ3n) is 2.94. The molecule has 0 aromatic carbocycles. The molecular weight excluding hydrogens is 264 g/mol. The van der Waals surface area contributed by atoms with Gasteiger partial charge in [0.1, 0.15) is 11.9 Å². The fraction of sp³-hybridized carbons (Fsp3) is 0.500. The average Bonchev–Trinajstić information content (AvgIpc) is 2.48. The number of nitrogens with one attached hydrogen (secondary N) is 1. The average molecular weight is 280 g/mol. The van der Waals surface area contributed by atoms with E-state index in [2.05, 4.69) is 15.5 Å². The second-order valence-corrected chi connectivity index (χ2v) is 4.41. The van der Waals surface area contributed by atoms with Crippen LogP contribution in [-0.4, -0.2) is 64.4 Å². The summed E-state index contributed by atoms with van der Waals surface area (Å²) >= 11 is 0. The third kappa shape index (κ3) is 3.41. The van der Waals surface area contributed by atoms with Gasteiger partial charge in [-0.1, -0.05) is 0 Å². The zero-order chi connectivity index (χ0) is 14.5. The van der Waals surface area contributed by atoms with Crippen LogP contribution in [-0.2, 0) is 9.53 Å². The number of aromatic carboxylic acids is 1. The van der Waals surface area contributed by atoms with Crippen LogP contribution in [0.2, 0.25) is 0 Å². The molecule has 2 N–H and O–H groups in total. The Bertz CT molecular complexity index is 485. The highest BCUT2D eigenvalue weighted by Crippen LogP contribution is 2.07. The molecular formula is C12H16N4O4. The molecule has 2 heterocycles. The molecule has 2 rings (SSSR count). The van der Waals surface area contributed by atoms with Gasteiger partial charge >= 0.3 is 5.97 Å². The molecule has 0 aliphatic carbocycles. The van der Waals surface area contributed by atoms with Crippen molar-refractivity contribution >= 4 is 17.7 Å². The van der Waals surface area contributed by atoms with E-state index in [0.29, 0.717) is 32.1 Å². The van der Waals surface area contributed by atoms with Crippen molar-refractivity contribution in [2.75, 3.05) is 31.6 Å². The first-order valence-corrected chi connectivity index (χ1v) is 6.28. The minimum Gasteiger partial charge on any atom is -0.476 e. The topological polar surface area (TPSA) is 105 Å². The summed E-state index contributed by atoms with van der Waals surface area (Å²) < 4.78 is 5.19. The smallest absolute Gasteiger partial charge is 0.356 e. The van der Waals surface area contributed by atoms with Gasteiger partial charge in [0.05, 0.1) is 13.2 Å². The monoisotopic (exact) mass is 280 g/mol. The van der Waals surface area contributed by atoms with E-state index < -0.39 is 12.0 Å². The van der Waals surface area contributed by atoms with Gasteiger partial charge in [-0.05, 0) is 19.1 Å². The summed E-state index contributed by atoms with van der Waals surface area (Å²) in [4.78, 5) is 24.5. The molecule has 1 fully saturated rings. The minimum atomic E-state index is -1.14. The number of aromatic nitrogens is 2. The van der Waals surface area contributed by atoms with E-state index in [-0.39, 0.29) is 11.6 Å². The SMILES string of the molecule is CC(Nc1ccc(C(=O)O)nn1)C(=O)N1CCOCC1. The number of rotatable bonds is 4. The van der Waals surface area contributed by atoms with Crippen LogP contribution in [0.1, 0.15) is 17.4 Å². The number of morpholine rings is 1. The van der Waals surface area contributed by atoms with E-state index in [1.165, 1.54) is 12.1 Å². The molecule has 1 amide bonds. The van der Waals surface area contributed by atoms with Gasteiger partial charge in [0.2, 0.25) is 5.91 Å². The van der Waals surface area contributed by atoms with Crippen molar-refractivity contribution in [2.24, 2.45) is 0 Å². The van der Waals surface area contributed by atoms with Crippen molar-refractivity contribution in [1.29, 1.82) is 0 Å². The highest BCUT2D eigenvalue weighted by Gasteiger charge is 2.22. The summed E-state index contributed by atoms with van der Waals surface area (Å²) in [6.07, 6.45) is 0. The third-order valence-corrected chi connectivity index (χ3v) is 2.94. The Balaban J connectivity index is 1.94. The van der Waals surface area contributed by atoms with Gasteiger partial charge in [0.15, 0.2) is 5.69 Å². The molecule has 1 saturated heterocycles. The number of nitrogens with zero attached hydrogens (tertiary/aromatic N) is 3. The maximum Gasteiger partial charge on any atom is 0.356 e. The molecule has 20 heavy (non-hydrogen) atoms. The molecule has 0 radical (unpaired) electrons. The summed E-state index contributed by atoms with van der Waals surface area (Å²) in [5.74, 6) is -0.817. The maximum atomic E-state index is 12.1. The Morgan fingerprint density at radius 3 is 2.60 bits per heavy atom. The van der Waals surface area contributed by atoms with Crippen molar-refractivity contribution in [3.8, 4) is 0 Å². The normalized spacial score (nSPS) is 16.6.